The Hall–Kier alpha value is -3.82. The summed E-state index contributed by atoms with van der Waals surface area (Å²) in [7, 11) is 0. The van der Waals surface area contributed by atoms with E-state index in [1.165, 1.54) is 18.2 Å². The highest BCUT2D eigenvalue weighted by molar-refractivity contribution is 6.11. The Morgan fingerprint density at radius 1 is 1.06 bits per heavy atom. The van der Waals surface area contributed by atoms with Crippen LogP contribution in [0.4, 0.5) is 23.4 Å². The van der Waals surface area contributed by atoms with E-state index in [4.69, 9.17) is 5.73 Å². The molecular formula is C26H21F4N5O. The highest BCUT2D eigenvalue weighted by Gasteiger charge is 2.39. The molecule has 1 amide bonds. The second-order valence-electron chi connectivity index (χ2n) is 9.45. The molecule has 6 rings (SSSR count). The first kappa shape index (κ1) is 22.6. The zero-order chi connectivity index (χ0) is 25.2. The number of nitrogens with two attached hydrogens (primary N) is 1. The fourth-order valence-corrected chi connectivity index (χ4v) is 5.07. The first-order chi connectivity index (χ1) is 17.2. The van der Waals surface area contributed by atoms with Crippen LogP contribution < -0.4 is 5.73 Å². The average Bonchev–Trinajstić information content (AvgIpc) is 3.58. The van der Waals surface area contributed by atoms with Crippen LogP contribution in [-0.4, -0.2) is 32.3 Å². The van der Waals surface area contributed by atoms with E-state index >= 15 is 4.39 Å². The fourth-order valence-electron chi connectivity index (χ4n) is 5.07. The molecule has 2 aliphatic carbocycles. The molecule has 1 atom stereocenters. The molecule has 0 spiro atoms. The second kappa shape index (κ2) is 8.11. The number of fused-ring (bicyclic) bond motifs is 4. The summed E-state index contributed by atoms with van der Waals surface area (Å²) in [5.41, 5.74) is 6.20. The number of anilines is 1. The van der Waals surface area contributed by atoms with Crippen molar-refractivity contribution in [3.8, 4) is 0 Å². The molecule has 184 valence electrons. The summed E-state index contributed by atoms with van der Waals surface area (Å²) in [6, 6.07) is 6.26. The molecule has 36 heavy (non-hydrogen) atoms. The van der Waals surface area contributed by atoms with Crippen molar-refractivity contribution in [1.29, 1.82) is 0 Å². The van der Waals surface area contributed by atoms with E-state index in [0.29, 0.717) is 52.3 Å². The number of aromatic nitrogens is 3. The van der Waals surface area contributed by atoms with Gasteiger partial charge in [0.1, 0.15) is 17.3 Å². The highest BCUT2D eigenvalue weighted by atomic mass is 19.4. The van der Waals surface area contributed by atoms with Gasteiger partial charge in [0, 0.05) is 46.9 Å². The number of amides is 1. The number of hydrogen-bond donors (Lipinski definition) is 1. The Morgan fingerprint density at radius 3 is 2.61 bits per heavy atom. The van der Waals surface area contributed by atoms with E-state index in [1.807, 2.05) is 0 Å². The topological polar surface area (TPSA) is 85.0 Å². The third-order valence-electron chi connectivity index (χ3n) is 7.05. The van der Waals surface area contributed by atoms with Crippen molar-refractivity contribution in [3.63, 3.8) is 0 Å². The molecule has 0 bridgehead atoms. The quantitative estimate of drug-likeness (QED) is 0.300. The van der Waals surface area contributed by atoms with E-state index in [0.717, 1.165) is 18.9 Å². The third-order valence-corrected chi connectivity index (χ3v) is 7.05. The number of pyridine rings is 3. The number of halogens is 4. The van der Waals surface area contributed by atoms with Crippen molar-refractivity contribution in [2.24, 2.45) is 5.92 Å². The molecule has 3 aromatic heterocycles. The zero-order valence-electron chi connectivity index (χ0n) is 19.0. The predicted molar refractivity (Wildman–Crippen MR) is 125 cm³/mol. The van der Waals surface area contributed by atoms with Gasteiger partial charge in [-0.3, -0.25) is 9.78 Å². The molecule has 1 fully saturated rings. The molecule has 1 aromatic carbocycles. The number of nitrogens with zero attached hydrogens (tertiary/aromatic N) is 4. The van der Waals surface area contributed by atoms with Crippen molar-refractivity contribution >= 4 is 33.4 Å². The van der Waals surface area contributed by atoms with Crippen LogP contribution in [0.2, 0.25) is 0 Å². The van der Waals surface area contributed by atoms with Crippen molar-refractivity contribution in [2.45, 2.75) is 37.9 Å². The summed E-state index contributed by atoms with van der Waals surface area (Å²) < 4.78 is 54.8. The fraction of sp³-hybridized carbons (Fsp3) is 0.308. The minimum absolute atomic E-state index is 0.117. The SMILES string of the molecule is Nc1nc2cc(F)c(C(=O)N(CC3CC3)C3CCc4nc(C(F)(F)F)ccc43)cc2c2cnccc12. The number of nitrogen functional groups attached to an aromatic ring is 1. The molecule has 2 N–H and O–H groups in total. The number of alkyl halides is 3. The van der Waals surface area contributed by atoms with Gasteiger partial charge in [-0.1, -0.05) is 6.07 Å². The van der Waals surface area contributed by atoms with Crippen LogP contribution in [-0.2, 0) is 12.6 Å². The Kier molecular flexibility index (Phi) is 5.10. The molecule has 3 heterocycles. The van der Waals surface area contributed by atoms with Gasteiger partial charge in [-0.05, 0) is 55.4 Å². The molecule has 0 radical (unpaired) electrons. The van der Waals surface area contributed by atoms with Crippen LogP contribution in [0, 0.1) is 11.7 Å². The van der Waals surface area contributed by atoms with Crippen LogP contribution in [0.3, 0.4) is 0 Å². The van der Waals surface area contributed by atoms with Gasteiger partial charge in [0.2, 0.25) is 0 Å². The van der Waals surface area contributed by atoms with Crippen LogP contribution in [0.25, 0.3) is 21.7 Å². The van der Waals surface area contributed by atoms with Crippen molar-refractivity contribution in [2.75, 3.05) is 12.3 Å². The van der Waals surface area contributed by atoms with E-state index in [-0.39, 0.29) is 17.3 Å². The zero-order valence-corrected chi connectivity index (χ0v) is 19.0. The van der Waals surface area contributed by atoms with Crippen molar-refractivity contribution < 1.29 is 22.4 Å². The second-order valence-corrected chi connectivity index (χ2v) is 9.45. The van der Waals surface area contributed by atoms with E-state index in [1.54, 1.807) is 23.4 Å². The predicted octanol–water partition coefficient (Wildman–Crippen LogP) is 5.46. The summed E-state index contributed by atoms with van der Waals surface area (Å²) >= 11 is 0. The third kappa shape index (κ3) is 3.81. The van der Waals surface area contributed by atoms with E-state index < -0.39 is 29.6 Å². The smallest absolute Gasteiger partial charge is 0.383 e. The van der Waals surface area contributed by atoms with Gasteiger partial charge in [-0.15, -0.1) is 0 Å². The lowest BCUT2D eigenvalue weighted by molar-refractivity contribution is -0.141. The first-order valence-electron chi connectivity index (χ1n) is 11.7. The maximum absolute atomic E-state index is 15.3. The van der Waals surface area contributed by atoms with Gasteiger partial charge >= 0.3 is 6.18 Å². The number of carbonyl (C=O) groups excluding carboxylic acids is 1. The van der Waals surface area contributed by atoms with Crippen LogP contribution in [0.15, 0.2) is 42.7 Å². The largest absolute Gasteiger partial charge is 0.433 e. The molecule has 6 nitrogen and oxygen atoms in total. The lowest BCUT2D eigenvalue weighted by atomic mass is 10.0. The minimum atomic E-state index is -4.54. The van der Waals surface area contributed by atoms with Gasteiger partial charge in [-0.2, -0.15) is 13.2 Å². The Balaban J connectivity index is 1.43. The Labute approximate surface area is 203 Å². The van der Waals surface area contributed by atoms with Crippen molar-refractivity contribution in [1.82, 2.24) is 19.9 Å². The summed E-state index contributed by atoms with van der Waals surface area (Å²) in [6.45, 7) is 0.406. The number of carbonyl (C=O) groups is 1. The lowest BCUT2D eigenvalue weighted by Gasteiger charge is -2.30. The molecule has 1 saturated carbocycles. The standard InChI is InChI=1S/C26H21F4N5O/c27-19-10-21-16(18-11-32-8-7-14(18)24(31)34-21)9-17(19)25(36)35(12-13-1-2-13)22-5-4-20-15(22)3-6-23(33-20)26(28,29)30/h3,6-11,13,22H,1-2,4-5,12H2,(H2,31,34). The monoisotopic (exact) mass is 495 g/mol. The first-order valence-corrected chi connectivity index (χ1v) is 11.7. The minimum Gasteiger partial charge on any atom is -0.383 e. The lowest BCUT2D eigenvalue weighted by Crippen LogP contribution is -2.36. The van der Waals surface area contributed by atoms with Crippen molar-refractivity contribution in [3.05, 3.63) is 71.1 Å². The summed E-state index contributed by atoms with van der Waals surface area (Å²) in [4.78, 5) is 27.7. The number of rotatable bonds is 4. The average molecular weight is 495 g/mol. The summed E-state index contributed by atoms with van der Waals surface area (Å²) in [5, 5.41) is 1.85. The van der Waals surface area contributed by atoms with Crippen LogP contribution in [0.5, 0.6) is 0 Å². The maximum atomic E-state index is 15.3. The molecule has 4 aromatic rings. The maximum Gasteiger partial charge on any atom is 0.433 e. The number of aryl methyl sites for hydroxylation is 1. The van der Waals surface area contributed by atoms with Crippen LogP contribution in [0.1, 0.15) is 52.6 Å². The van der Waals surface area contributed by atoms with Gasteiger partial charge in [0.25, 0.3) is 5.91 Å². The molecule has 0 aliphatic heterocycles. The molecule has 10 heteroatoms. The van der Waals surface area contributed by atoms with E-state index in [2.05, 4.69) is 15.0 Å². The normalized spacial score (nSPS) is 17.5. The van der Waals surface area contributed by atoms with Gasteiger partial charge in [0.05, 0.1) is 17.1 Å². The summed E-state index contributed by atoms with van der Waals surface area (Å²) in [5.74, 6) is -0.711. The molecular weight excluding hydrogens is 474 g/mol. The number of hydrogen-bond acceptors (Lipinski definition) is 5. The van der Waals surface area contributed by atoms with Crippen LogP contribution >= 0.6 is 0 Å². The summed E-state index contributed by atoms with van der Waals surface area (Å²) in [6.07, 6.45) is 1.29. The highest BCUT2D eigenvalue weighted by Crippen LogP contribution is 2.41. The molecule has 0 saturated heterocycles. The Bertz CT molecular complexity index is 1530. The van der Waals surface area contributed by atoms with Gasteiger partial charge in [-0.25, -0.2) is 14.4 Å². The molecule has 2 aliphatic rings. The van der Waals surface area contributed by atoms with Gasteiger partial charge in [0.15, 0.2) is 0 Å². The van der Waals surface area contributed by atoms with Gasteiger partial charge < -0.3 is 10.6 Å². The number of benzene rings is 1. The molecule has 1 unspecified atom stereocenters. The van der Waals surface area contributed by atoms with E-state index in [9.17, 15) is 18.0 Å². The Morgan fingerprint density at radius 2 is 1.86 bits per heavy atom.